The van der Waals surface area contributed by atoms with Crippen molar-refractivity contribution in [1.29, 1.82) is 0 Å². The Morgan fingerprint density at radius 1 is 1.33 bits per heavy atom. The first kappa shape index (κ1) is 9.83. The van der Waals surface area contributed by atoms with E-state index < -0.39 is 0 Å². The van der Waals surface area contributed by atoms with Crippen LogP contribution in [0.15, 0.2) is 29.1 Å². The highest BCUT2D eigenvalue weighted by atomic mass is 16.4. The second kappa shape index (κ2) is 4.21. The van der Waals surface area contributed by atoms with Crippen molar-refractivity contribution in [3.8, 4) is 11.5 Å². The van der Waals surface area contributed by atoms with Gasteiger partial charge in [-0.15, -0.1) is 10.2 Å². The van der Waals surface area contributed by atoms with Crippen molar-refractivity contribution in [2.45, 2.75) is 20.3 Å². The maximum Gasteiger partial charge on any atom is 0.248 e. The quantitative estimate of drug-likeness (QED) is 0.768. The van der Waals surface area contributed by atoms with Gasteiger partial charge in [-0.1, -0.05) is 13.8 Å². The zero-order valence-corrected chi connectivity index (χ0v) is 8.84. The summed E-state index contributed by atoms with van der Waals surface area (Å²) in [7, 11) is 0. The van der Waals surface area contributed by atoms with E-state index in [2.05, 4.69) is 29.0 Å². The minimum absolute atomic E-state index is 0.513. The molecule has 0 amide bonds. The van der Waals surface area contributed by atoms with Crippen molar-refractivity contribution in [2.75, 3.05) is 0 Å². The average molecular weight is 203 g/mol. The Hall–Kier alpha value is -1.71. The molecule has 0 aliphatic carbocycles. The Balaban J connectivity index is 2.17. The molecule has 0 atom stereocenters. The highest BCUT2D eigenvalue weighted by molar-refractivity contribution is 5.50. The summed E-state index contributed by atoms with van der Waals surface area (Å²) in [5.74, 6) is 1.13. The lowest BCUT2D eigenvalue weighted by Crippen LogP contribution is -1.96. The lowest BCUT2D eigenvalue weighted by atomic mass is 10.1. The Bertz CT molecular complexity index is 406. The van der Waals surface area contributed by atoms with E-state index in [1.54, 1.807) is 6.20 Å². The fraction of sp³-hybridized carbons (Fsp3) is 0.364. The van der Waals surface area contributed by atoms with Crippen molar-refractivity contribution in [2.24, 2.45) is 5.92 Å². The summed E-state index contributed by atoms with van der Waals surface area (Å²) in [6.07, 6.45) is 4.08. The molecule has 2 heterocycles. The molecule has 0 saturated heterocycles. The van der Waals surface area contributed by atoms with Crippen LogP contribution in [0.25, 0.3) is 11.5 Å². The fourth-order valence-corrected chi connectivity index (χ4v) is 1.39. The van der Waals surface area contributed by atoms with Crippen LogP contribution in [-0.4, -0.2) is 15.2 Å². The SMILES string of the molecule is CC(C)Cc1ccc(-c2nnco2)cn1. The van der Waals surface area contributed by atoms with Gasteiger partial charge in [0.1, 0.15) is 0 Å². The lowest BCUT2D eigenvalue weighted by molar-refractivity contribution is 0.568. The van der Waals surface area contributed by atoms with E-state index >= 15 is 0 Å². The predicted octanol–water partition coefficient (Wildman–Crippen LogP) is 2.33. The van der Waals surface area contributed by atoms with E-state index in [4.69, 9.17) is 4.42 Å². The van der Waals surface area contributed by atoms with Gasteiger partial charge in [0.2, 0.25) is 12.3 Å². The fourth-order valence-electron chi connectivity index (χ4n) is 1.39. The zero-order valence-electron chi connectivity index (χ0n) is 8.84. The third kappa shape index (κ3) is 2.40. The molecule has 0 fully saturated rings. The van der Waals surface area contributed by atoms with Gasteiger partial charge >= 0.3 is 0 Å². The van der Waals surface area contributed by atoms with Gasteiger partial charge in [-0.3, -0.25) is 4.98 Å². The molecule has 2 aromatic heterocycles. The third-order valence-corrected chi connectivity index (χ3v) is 2.05. The van der Waals surface area contributed by atoms with Gasteiger partial charge in [0.05, 0.1) is 5.56 Å². The first-order valence-corrected chi connectivity index (χ1v) is 4.97. The first-order valence-electron chi connectivity index (χ1n) is 4.97. The van der Waals surface area contributed by atoms with E-state index in [1.165, 1.54) is 6.39 Å². The van der Waals surface area contributed by atoms with Crippen molar-refractivity contribution in [3.05, 3.63) is 30.4 Å². The number of rotatable bonds is 3. The van der Waals surface area contributed by atoms with E-state index in [0.717, 1.165) is 17.7 Å². The summed E-state index contributed by atoms with van der Waals surface area (Å²) in [5, 5.41) is 7.45. The molecule has 0 aliphatic rings. The minimum atomic E-state index is 0.513. The lowest BCUT2D eigenvalue weighted by Gasteiger charge is -2.03. The average Bonchev–Trinajstić information content (AvgIpc) is 2.71. The van der Waals surface area contributed by atoms with Gasteiger partial charge in [0, 0.05) is 11.9 Å². The maximum atomic E-state index is 5.08. The van der Waals surface area contributed by atoms with Gasteiger partial charge in [0.15, 0.2) is 0 Å². The number of nitrogens with zero attached hydrogens (tertiary/aromatic N) is 3. The standard InChI is InChI=1S/C11H13N3O/c1-8(2)5-10-4-3-9(6-12-10)11-14-13-7-15-11/h3-4,6-8H,5H2,1-2H3. The summed E-state index contributed by atoms with van der Waals surface area (Å²) < 4.78 is 5.08. The Labute approximate surface area is 88.4 Å². The van der Waals surface area contributed by atoms with E-state index in [-0.39, 0.29) is 0 Å². The van der Waals surface area contributed by atoms with Crippen LogP contribution >= 0.6 is 0 Å². The molecule has 15 heavy (non-hydrogen) atoms. The molecule has 4 heteroatoms. The second-order valence-corrected chi connectivity index (χ2v) is 3.88. The van der Waals surface area contributed by atoms with Crippen LogP contribution in [0.3, 0.4) is 0 Å². The summed E-state index contributed by atoms with van der Waals surface area (Å²) in [4.78, 5) is 4.35. The normalized spacial score (nSPS) is 10.9. The smallest absolute Gasteiger partial charge is 0.248 e. The first-order chi connectivity index (χ1) is 7.25. The highest BCUT2D eigenvalue weighted by Crippen LogP contribution is 2.15. The van der Waals surface area contributed by atoms with Crippen molar-refractivity contribution in [3.63, 3.8) is 0 Å². The predicted molar refractivity (Wildman–Crippen MR) is 56.1 cm³/mol. The maximum absolute atomic E-state index is 5.08. The largest absolute Gasteiger partial charge is 0.423 e. The molecular weight excluding hydrogens is 190 g/mol. The zero-order chi connectivity index (χ0) is 10.7. The number of hydrogen-bond donors (Lipinski definition) is 0. The number of aromatic nitrogens is 3. The van der Waals surface area contributed by atoms with Crippen LogP contribution in [0.4, 0.5) is 0 Å². The second-order valence-electron chi connectivity index (χ2n) is 3.88. The molecule has 0 N–H and O–H groups in total. The summed E-state index contributed by atoms with van der Waals surface area (Å²) in [5.41, 5.74) is 1.95. The van der Waals surface area contributed by atoms with Gasteiger partial charge in [-0.2, -0.15) is 0 Å². The molecule has 0 spiro atoms. The molecule has 0 aromatic carbocycles. The van der Waals surface area contributed by atoms with Crippen LogP contribution < -0.4 is 0 Å². The summed E-state index contributed by atoms with van der Waals surface area (Å²) in [6.45, 7) is 4.35. The molecule has 2 aromatic rings. The van der Waals surface area contributed by atoms with Crippen molar-refractivity contribution < 1.29 is 4.42 Å². The monoisotopic (exact) mass is 203 g/mol. The number of hydrogen-bond acceptors (Lipinski definition) is 4. The van der Waals surface area contributed by atoms with Gasteiger partial charge < -0.3 is 4.42 Å². The van der Waals surface area contributed by atoms with Gasteiger partial charge in [-0.25, -0.2) is 0 Å². The van der Waals surface area contributed by atoms with Crippen LogP contribution in [0, 0.1) is 5.92 Å². The molecule has 0 radical (unpaired) electrons. The Kier molecular flexibility index (Phi) is 2.76. The number of pyridine rings is 1. The molecule has 4 nitrogen and oxygen atoms in total. The van der Waals surface area contributed by atoms with Crippen molar-refractivity contribution in [1.82, 2.24) is 15.2 Å². The highest BCUT2D eigenvalue weighted by Gasteiger charge is 2.04. The van der Waals surface area contributed by atoms with Crippen LogP contribution in [0.5, 0.6) is 0 Å². The molecule has 0 unspecified atom stereocenters. The minimum Gasteiger partial charge on any atom is -0.423 e. The van der Waals surface area contributed by atoms with Crippen LogP contribution in [0.1, 0.15) is 19.5 Å². The molecule has 78 valence electrons. The van der Waals surface area contributed by atoms with E-state index in [0.29, 0.717) is 11.8 Å². The molecular formula is C11H13N3O. The van der Waals surface area contributed by atoms with Gasteiger partial charge in [0.25, 0.3) is 0 Å². The Morgan fingerprint density at radius 2 is 2.20 bits per heavy atom. The van der Waals surface area contributed by atoms with Crippen LogP contribution in [-0.2, 0) is 6.42 Å². The summed E-state index contributed by atoms with van der Waals surface area (Å²) >= 11 is 0. The third-order valence-electron chi connectivity index (χ3n) is 2.05. The van der Waals surface area contributed by atoms with E-state index in [1.807, 2.05) is 12.1 Å². The van der Waals surface area contributed by atoms with E-state index in [9.17, 15) is 0 Å². The molecule has 0 saturated carbocycles. The van der Waals surface area contributed by atoms with Crippen LogP contribution in [0.2, 0.25) is 0 Å². The summed E-state index contributed by atoms with van der Waals surface area (Å²) in [6, 6.07) is 3.96. The Morgan fingerprint density at radius 3 is 2.73 bits per heavy atom. The topological polar surface area (TPSA) is 51.8 Å². The van der Waals surface area contributed by atoms with Gasteiger partial charge in [-0.05, 0) is 24.5 Å². The molecule has 0 aliphatic heterocycles. The molecule has 0 bridgehead atoms. The molecule has 2 rings (SSSR count). The van der Waals surface area contributed by atoms with Crippen molar-refractivity contribution >= 4 is 0 Å².